The van der Waals surface area contributed by atoms with E-state index in [1.165, 1.54) is 12.8 Å². The van der Waals surface area contributed by atoms with E-state index in [1.54, 1.807) is 0 Å². The Balaban J connectivity index is -0.0000000413. The maximum atomic E-state index is 2.12. The molecule has 0 atom stereocenters. The molecule has 0 heterocycles. The third-order valence-electron chi connectivity index (χ3n) is 0.667. The smallest absolute Gasteiger partial charge is 0.0590 e. The molecule has 1 aromatic carbocycles. The summed E-state index contributed by atoms with van der Waals surface area (Å²) >= 11 is 0. The Morgan fingerprint density at radius 1 is 0.389 bits per heavy atom. The van der Waals surface area contributed by atoms with E-state index >= 15 is 0 Å². The summed E-state index contributed by atoms with van der Waals surface area (Å²) in [4.78, 5) is 0. The molecule has 0 heteroatoms. The molecule has 0 aliphatic rings. The van der Waals surface area contributed by atoms with Crippen molar-refractivity contribution in [1.29, 1.82) is 0 Å². The summed E-state index contributed by atoms with van der Waals surface area (Å²) in [5.41, 5.74) is 0. The summed E-state index contributed by atoms with van der Waals surface area (Å²) in [7, 11) is 0. The van der Waals surface area contributed by atoms with E-state index in [-0.39, 0.29) is 0 Å². The Morgan fingerprint density at radius 2 is 0.444 bits per heavy atom. The van der Waals surface area contributed by atoms with Crippen molar-refractivity contribution in [3.05, 3.63) is 36.4 Å². The van der Waals surface area contributed by atoms with Gasteiger partial charge in [0.25, 0.3) is 0 Å². The largest absolute Gasteiger partial charge is 0.0683 e. The highest BCUT2D eigenvalue weighted by Crippen LogP contribution is 1.79. The molecular formula is C18H40. The quantitative estimate of drug-likeness (QED) is 0.448. The first-order valence-electron chi connectivity index (χ1n) is 7.83. The molecular weight excluding hydrogens is 216 g/mol. The molecule has 0 bridgehead atoms. The van der Waals surface area contributed by atoms with E-state index in [9.17, 15) is 0 Å². The van der Waals surface area contributed by atoms with Gasteiger partial charge in [0.2, 0.25) is 0 Å². The van der Waals surface area contributed by atoms with Crippen molar-refractivity contribution in [3.8, 4) is 0 Å². The highest BCUT2D eigenvalue weighted by atomic mass is 13.6. The van der Waals surface area contributed by atoms with Crippen molar-refractivity contribution in [1.82, 2.24) is 0 Å². The molecule has 0 aliphatic heterocycles. The Bertz CT molecular complexity index is 92.0. The van der Waals surface area contributed by atoms with Gasteiger partial charge in [0.1, 0.15) is 0 Å². The summed E-state index contributed by atoms with van der Waals surface area (Å²) in [5.74, 6) is 0. The maximum absolute atomic E-state index is 2.12. The van der Waals surface area contributed by atoms with Crippen LogP contribution in [0.25, 0.3) is 0 Å². The Morgan fingerprint density at radius 3 is 0.500 bits per heavy atom. The second-order valence-corrected chi connectivity index (χ2v) is 2.57. The number of hydrogen-bond donors (Lipinski definition) is 0. The molecule has 0 unspecified atom stereocenters. The first-order valence-corrected chi connectivity index (χ1v) is 7.83. The molecule has 0 amide bonds. The van der Waals surface area contributed by atoms with E-state index in [4.69, 9.17) is 0 Å². The molecule has 0 saturated carbocycles. The zero-order chi connectivity index (χ0) is 15.7. The van der Waals surface area contributed by atoms with Crippen LogP contribution in [-0.2, 0) is 0 Å². The van der Waals surface area contributed by atoms with Crippen molar-refractivity contribution >= 4 is 0 Å². The molecule has 0 aliphatic carbocycles. The molecule has 0 saturated heterocycles. The number of hydrogen-bond acceptors (Lipinski definition) is 0. The molecule has 0 aromatic heterocycles. The van der Waals surface area contributed by atoms with Gasteiger partial charge in [-0.2, -0.15) is 0 Å². The molecule has 0 N–H and O–H groups in total. The maximum Gasteiger partial charge on any atom is -0.0590 e. The highest BCUT2D eigenvalue weighted by Gasteiger charge is 1.57. The number of benzene rings is 1. The molecule has 1 aromatic rings. The third-order valence-corrected chi connectivity index (χ3v) is 0.667. The van der Waals surface area contributed by atoms with Gasteiger partial charge in [0.15, 0.2) is 0 Å². The van der Waals surface area contributed by atoms with Gasteiger partial charge in [-0.25, -0.2) is 0 Å². The predicted molar refractivity (Wildman–Crippen MR) is 92.4 cm³/mol. The normalized spacial score (nSPS) is 5.67. The van der Waals surface area contributed by atoms with Gasteiger partial charge < -0.3 is 0 Å². The van der Waals surface area contributed by atoms with Crippen LogP contribution in [0.5, 0.6) is 0 Å². The molecule has 0 radical (unpaired) electrons. The van der Waals surface area contributed by atoms with Crippen LogP contribution in [0.2, 0.25) is 0 Å². The lowest BCUT2D eigenvalue weighted by molar-refractivity contribution is 1.09. The lowest BCUT2D eigenvalue weighted by atomic mass is 10.4. The van der Waals surface area contributed by atoms with Crippen molar-refractivity contribution in [2.75, 3.05) is 0 Å². The lowest BCUT2D eigenvalue weighted by Crippen LogP contribution is -1.47. The Labute approximate surface area is 119 Å². The highest BCUT2D eigenvalue weighted by molar-refractivity contribution is 4.99. The Kier molecular flexibility index (Phi) is 121. The van der Waals surface area contributed by atoms with Crippen molar-refractivity contribution < 1.29 is 0 Å². The van der Waals surface area contributed by atoms with Gasteiger partial charge in [-0.05, 0) is 0 Å². The van der Waals surface area contributed by atoms with E-state index in [0.29, 0.717) is 0 Å². The van der Waals surface area contributed by atoms with Crippen LogP contribution < -0.4 is 0 Å². The van der Waals surface area contributed by atoms with Crippen LogP contribution in [0.3, 0.4) is 0 Å². The summed E-state index contributed by atoms with van der Waals surface area (Å²) in [6.45, 7) is 20.5. The monoisotopic (exact) mass is 256 g/mol. The summed E-state index contributed by atoms with van der Waals surface area (Å²) in [6.07, 6.45) is 2.50. The molecule has 0 fully saturated rings. The topological polar surface area (TPSA) is 0 Å². The van der Waals surface area contributed by atoms with E-state index in [1.807, 2.05) is 77.9 Å². The number of rotatable bonds is 0. The van der Waals surface area contributed by atoms with E-state index < -0.39 is 0 Å². The van der Waals surface area contributed by atoms with Crippen LogP contribution in [0.15, 0.2) is 36.4 Å². The second-order valence-electron chi connectivity index (χ2n) is 2.57. The average Bonchev–Trinajstić information content (AvgIpc) is 2.49. The summed E-state index contributed by atoms with van der Waals surface area (Å²) in [5, 5.41) is 0. The minimum absolute atomic E-state index is 1.25. The minimum Gasteiger partial charge on any atom is -0.0683 e. The third kappa shape index (κ3) is 113. The molecule has 0 nitrogen and oxygen atoms in total. The van der Waals surface area contributed by atoms with Crippen LogP contribution >= 0.6 is 0 Å². The molecule has 0 spiro atoms. The van der Waals surface area contributed by atoms with E-state index in [2.05, 4.69) is 27.7 Å². The average molecular weight is 257 g/mol. The van der Waals surface area contributed by atoms with E-state index in [0.717, 1.165) is 0 Å². The summed E-state index contributed by atoms with van der Waals surface area (Å²) in [6, 6.07) is 12.0. The van der Waals surface area contributed by atoms with Crippen LogP contribution in [-0.4, -0.2) is 0 Å². The van der Waals surface area contributed by atoms with Crippen molar-refractivity contribution in [2.45, 2.75) is 82.1 Å². The summed E-state index contributed by atoms with van der Waals surface area (Å²) < 4.78 is 0. The van der Waals surface area contributed by atoms with Gasteiger partial charge in [-0.15, -0.1) is 0 Å². The molecule has 1 rings (SSSR count). The first-order chi connectivity index (χ1) is 8.83. The predicted octanol–water partition coefficient (Wildman–Crippen LogP) is 7.60. The molecule has 18 heavy (non-hydrogen) atoms. The standard InChI is InChI=1S/C6H6.2C3H8.3C2H6/c1-2-4-6-5-3-1;2*1-3-2;3*1-2/h1-6H;2*3H2,1-2H3;3*1-2H3. The van der Waals surface area contributed by atoms with Crippen molar-refractivity contribution in [3.63, 3.8) is 0 Å². The van der Waals surface area contributed by atoms with Crippen LogP contribution in [0, 0.1) is 0 Å². The second kappa shape index (κ2) is 72.1. The first kappa shape index (κ1) is 30.3. The fraction of sp³-hybridized carbons (Fsp3) is 0.667. The zero-order valence-corrected chi connectivity index (χ0v) is 14.9. The van der Waals surface area contributed by atoms with Gasteiger partial charge >= 0.3 is 0 Å². The van der Waals surface area contributed by atoms with Gasteiger partial charge in [-0.1, -0.05) is 118 Å². The minimum atomic E-state index is 1.25. The zero-order valence-electron chi connectivity index (χ0n) is 14.9. The van der Waals surface area contributed by atoms with Crippen LogP contribution in [0.4, 0.5) is 0 Å². The van der Waals surface area contributed by atoms with Gasteiger partial charge in [0.05, 0.1) is 0 Å². The van der Waals surface area contributed by atoms with Gasteiger partial charge in [0, 0.05) is 0 Å². The fourth-order valence-electron chi connectivity index (χ4n) is 0.385. The molecule has 112 valence electrons. The SMILES string of the molecule is CC.CC.CC.CCC.CCC.c1ccccc1. The van der Waals surface area contributed by atoms with Crippen LogP contribution in [0.1, 0.15) is 82.1 Å². The Hall–Kier alpha value is -0.780. The lowest BCUT2D eigenvalue weighted by Gasteiger charge is -1.69. The van der Waals surface area contributed by atoms with Crippen molar-refractivity contribution in [2.24, 2.45) is 0 Å². The van der Waals surface area contributed by atoms with Gasteiger partial charge in [-0.3, -0.25) is 0 Å². The fourth-order valence-corrected chi connectivity index (χ4v) is 0.385.